The maximum atomic E-state index is 14.1. The van der Waals surface area contributed by atoms with Gasteiger partial charge in [-0.25, -0.2) is 0 Å². The molecule has 0 aromatic carbocycles. The Morgan fingerprint density at radius 2 is 1.82 bits per heavy atom. The van der Waals surface area contributed by atoms with Crippen LogP contribution in [0.1, 0.15) is 87.5 Å². The van der Waals surface area contributed by atoms with Crippen LogP contribution in [0.4, 0.5) is 0 Å². The first kappa shape index (κ1) is 34.3. The van der Waals surface area contributed by atoms with Crippen molar-refractivity contribution in [2.45, 2.75) is 136 Å². The van der Waals surface area contributed by atoms with Crippen LogP contribution in [0.3, 0.4) is 0 Å². The number of carbonyl (C=O) groups excluding carboxylic acids is 1. The number of hydrogen-bond acceptors (Lipinski definition) is 8. The highest BCUT2D eigenvalue weighted by molar-refractivity contribution is 5.78. The van der Waals surface area contributed by atoms with Crippen LogP contribution in [0.2, 0.25) is 0 Å². The van der Waals surface area contributed by atoms with Gasteiger partial charge >= 0.3 is 5.97 Å². The van der Waals surface area contributed by atoms with Crippen LogP contribution >= 0.6 is 0 Å². The molecule has 45 heavy (non-hydrogen) atoms. The molecule has 5 aliphatic rings. The van der Waals surface area contributed by atoms with Gasteiger partial charge in [-0.1, -0.05) is 76.6 Å². The largest absolute Gasteiger partial charge is 0.462 e. The van der Waals surface area contributed by atoms with E-state index in [4.69, 9.17) is 18.9 Å². The molecule has 0 amide bonds. The molecular weight excluding hydrogens is 572 g/mol. The lowest BCUT2D eigenvalue weighted by molar-refractivity contribution is -0.343. The zero-order valence-electron chi connectivity index (χ0n) is 28.3. The first-order valence-electron chi connectivity index (χ1n) is 16.7. The van der Waals surface area contributed by atoms with Gasteiger partial charge in [0.15, 0.2) is 5.79 Å². The van der Waals surface area contributed by atoms with E-state index in [9.17, 15) is 20.1 Å². The van der Waals surface area contributed by atoms with E-state index >= 15 is 0 Å². The Bertz CT molecular complexity index is 1290. The first-order valence-corrected chi connectivity index (χ1v) is 16.7. The Kier molecular flexibility index (Phi) is 9.79. The number of ether oxygens (including phenoxy) is 4. The average molecular weight is 627 g/mol. The Labute approximate surface area is 268 Å². The number of fused-ring (bicyclic) bond motifs is 2. The Morgan fingerprint density at radius 3 is 2.53 bits per heavy atom. The maximum absolute atomic E-state index is 14.1. The summed E-state index contributed by atoms with van der Waals surface area (Å²) in [7, 11) is 0. The Morgan fingerprint density at radius 1 is 1.09 bits per heavy atom. The third-order valence-electron chi connectivity index (χ3n) is 10.2. The van der Waals surface area contributed by atoms with Crippen molar-refractivity contribution in [3.63, 3.8) is 0 Å². The van der Waals surface area contributed by atoms with E-state index in [1.165, 1.54) is 5.57 Å². The quantitative estimate of drug-likeness (QED) is 0.259. The molecule has 0 aromatic heterocycles. The Balaban J connectivity index is 1.53. The highest BCUT2D eigenvalue weighted by Gasteiger charge is 2.60. The second-order valence-corrected chi connectivity index (χ2v) is 15.5. The van der Waals surface area contributed by atoms with Crippen molar-refractivity contribution in [3.8, 4) is 0 Å². The summed E-state index contributed by atoms with van der Waals surface area (Å²) in [5.41, 5.74) is 1.55. The van der Waals surface area contributed by atoms with Crippen LogP contribution in [0.25, 0.3) is 0 Å². The van der Waals surface area contributed by atoms with Gasteiger partial charge in [-0.3, -0.25) is 4.79 Å². The Hall–Kier alpha value is -2.07. The standard InChI is InChI=1S/C37H54O8/c1-21-10-9-11-26-20-42-33-31(39)23(3)15-29(37(26,33)41)34(40)43-28-16-27(13-12-22(2)14-21)44-36(18-28)19-30(38)25(5)32(45-36)24(4)17-35(6,7)8/h9-12,15,17,21,25,27-33,38-39,41H,13-14,16,18-20H2,1-8H3/b10-9+,22-12+,24-17-,26-11+/t21-,25-,27+,28-,29?,30-,31+,32?,33?,36?,37+/m0/s1. The molecule has 1 aliphatic carbocycles. The van der Waals surface area contributed by atoms with Crippen molar-refractivity contribution >= 4 is 5.97 Å². The van der Waals surface area contributed by atoms with Crippen LogP contribution in [-0.2, 0) is 23.7 Å². The molecule has 0 aromatic rings. The third-order valence-corrected chi connectivity index (χ3v) is 10.2. The predicted molar refractivity (Wildman–Crippen MR) is 172 cm³/mol. The second-order valence-electron chi connectivity index (χ2n) is 15.5. The predicted octanol–water partition coefficient (Wildman–Crippen LogP) is 5.48. The molecule has 1 spiro atoms. The summed E-state index contributed by atoms with van der Waals surface area (Å²) < 4.78 is 25.8. The summed E-state index contributed by atoms with van der Waals surface area (Å²) in [6.45, 7) is 16.6. The molecule has 5 rings (SSSR count). The van der Waals surface area contributed by atoms with Gasteiger partial charge < -0.3 is 34.3 Å². The number of esters is 1. The normalized spacial score (nSPS) is 46.3. The molecule has 4 unspecified atom stereocenters. The van der Waals surface area contributed by atoms with Crippen LogP contribution in [0.15, 0.2) is 58.7 Å². The SMILES string of the molecule is CC1=CC2C(=O)O[C@H]3C[C@@H](C/C=C(\C)C[C@@H](C)/C=C/C=C4\COC([C@@H]1O)[C@@]42O)OC1(C3)C[C@H](O)[C@H](C)C(/C(C)=C\C(C)(C)C)O1. The van der Waals surface area contributed by atoms with Gasteiger partial charge in [0.25, 0.3) is 0 Å². The molecule has 11 atom stereocenters. The van der Waals surface area contributed by atoms with Gasteiger partial charge in [0.05, 0.1) is 24.9 Å². The van der Waals surface area contributed by atoms with Crippen LogP contribution in [-0.4, -0.2) is 75.9 Å². The number of allylic oxidation sites excluding steroid dienone is 5. The molecule has 8 heteroatoms. The minimum Gasteiger partial charge on any atom is -0.462 e. The molecular formula is C37H54O8. The molecule has 2 bridgehead atoms. The summed E-state index contributed by atoms with van der Waals surface area (Å²) in [5, 5.41) is 34.4. The lowest BCUT2D eigenvalue weighted by Gasteiger charge is -2.51. The summed E-state index contributed by atoms with van der Waals surface area (Å²) in [5.74, 6) is -2.67. The van der Waals surface area contributed by atoms with Gasteiger partial charge in [0.2, 0.25) is 0 Å². The topological polar surface area (TPSA) is 115 Å². The summed E-state index contributed by atoms with van der Waals surface area (Å²) in [6.07, 6.45) is 10.4. The molecule has 3 N–H and O–H groups in total. The van der Waals surface area contributed by atoms with Crippen molar-refractivity contribution in [2.75, 3.05) is 6.61 Å². The summed E-state index contributed by atoms with van der Waals surface area (Å²) in [4.78, 5) is 14.1. The third kappa shape index (κ3) is 7.12. The van der Waals surface area contributed by atoms with Gasteiger partial charge in [0.1, 0.15) is 29.8 Å². The maximum Gasteiger partial charge on any atom is 0.316 e. The van der Waals surface area contributed by atoms with E-state index in [0.29, 0.717) is 24.0 Å². The minimum atomic E-state index is -1.74. The smallest absolute Gasteiger partial charge is 0.316 e. The summed E-state index contributed by atoms with van der Waals surface area (Å²) in [6, 6.07) is 0. The van der Waals surface area contributed by atoms with Crippen LogP contribution in [0, 0.1) is 23.2 Å². The molecule has 4 aliphatic heterocycles. The van der Waals surface area contributed by atoms with Crippen molar-refractivity contribution in [1.29, 1.82) is 0 Å². The van der Waals surface area contributed by atoms with E-state index < -0.39 is 47.7 Å². The van der Waals surface area contributed by atoms with Gasteiger partial charge in [0, 0.05) is 25.2 Å². The highest BCUT2D eigenvalue weighted by Crippen LogP contribution is 2.48. The van der Waals surface area contributed by atoms with Gasteiger partial charge in [-0.2, -0.15) is 0 Å². The average Bonchev–Trinajstić information content (AvgIpc) is 3.27. The molecule has 0 saturated carbocycles. The summed E-state index contributed by atoms with van der Waals surface area (Å²) >= 11 is 0. The molecule has 0 radical (unpaired) electrons. The lowest BCUT2D eigenvalue weighted by Crippen LogP contribution is -2.59. The van der Waals surface area contributed by atoms with E-state index in [1.807, 2.05) is 26.0 Å². The fourth-order valence-electron chi connectivity index (χ4n) is 7.99. The number of hydrogen-bond donors (Lipinski definition) is 3. The zero-order chi connectivity index (χ0) is 32.9. The van der Waals surface area contributed by atoms with E-state index in [2.05, 4.69) is 52.8 Å². The fourth-order valence-corrected chi connectivity index (χ4v) is 7.99. The van der Waals surface area contributed by atoms with Crippen molar-refractivity contribution in [3.05, 3.63) is 58.7 Å². The molecule has 3 saturated heterocycles. The van der Waals surface area contributed by atoms with Crippen LogP contribution < -0.4 is 0 Å². The van der Waals surface area contributed by atoms with E-state index in [0.717, 1.165) is 12.0 Å². The number of carbonyl (C=O) groups is 1. The lowest BCUT2D eigenvalue weighted by atomic mass is 9.71. The van der Waals surface area contributed by atoms with E-state index in [-0.39, 0.29) is 48.9 Å². The number of aliphatic hydroxyl groups is 3. The second kappa shape index (κ2) is 12.9. The van der Waals surface area contributed by atoms with E-state index in [1.54, 1.807) is 13.0 Å². The molecule has 250 valence electrons. The van der Waals surface area contributed by atoms with Crippen molar-refractivity contribution in [2.24, 2.45) is 23.2 Å². The first-order chi connectivity index (χ1) is 21.0. The highest BCUT2D eigenvalue weighted by atomic mass is 16.7. The fraction of sp³-hybridized carbons (Fsp3) is 0.703. The molecule has 4 heterocycles. The van der Waals surface area contributed by atoms with Gasteiger partial charge in [-0.05, 0) is 61.7 Å². The molecule has 3 fully saturated rings. The molecule has 8 nitrogen and oxygen atoms in total. The van der Waals surface area contributed by atoms with Crippen LogP contribution in [0.5, 0.6) is 0 Å². The van der Waals surface area contributed by atoms with Gasteiger partial charge in [-0.15, -0.1) is 0 Å². The van der Waals surface area contributed by atoms with Crippen molar-refractivity contribution in [1.82, 2.24) is 0 Å². The zero-order valence-corrected chi connectivity index (χ0v) is 28.3. The number of aliphatic hydroxyl groups excluding tert-OH is 2. The number of rotatable bonds is 1. The minimum absolute atomic E-state index is 0.0669. The van der Waals surface area contributed by atoms with Crippen molar-refractivity contribution < 1.29 is 39.1 Å². The monoisotopic (exact) mass is 626 g/mol.